The van der Waals surface area contributed by atoms with Crippen LogP contribution in [0.3, 0.4) is 0 Å². The molecule has 0 radical (unpaired) electrons. The first-order valence-corrected chi connectivity index (χ1v) is 9.87. The Morgan fingerprint density at radius 3 is 2.74 bits per heavy atom. The number of hydrogen-bond acceptors (Lipinski definition) is 7. The molecule has 9 heteroatoms. The van der Waals surface area contributed by atoms with Gasteiger partial charge in [-0.1, -0.05) is 47.6 Å². The van der Waals surface area contributed by atoms with Gasteiger partial charge in [-0.3, -0.25) is 0 Å². The van der Waals surface area contributed by atoms with Crippen LogP contribution in [0, 0.1) is 6.92 Å². The Bertz CT molecular complexity index is 1150. The van der Waals surface area contributed by atoms with Crippen molar-refractivity contribution in [2.45, 2.75) is 25.9 Å². The van der Waals surface area contributed by atoms with Crippen molar-refractivity contribution in [2.24, 2.45) is 12.2 Å². The van der Waals surface area contributed by atoms with Crippen molar-refractivity contribution >= 4 is 6.21 Å². The van der Waals surface area contributed by atoms with E-state index < -0.39 is 6.10 Å². The maximum Gasteiger partial charge on any atom is 0.368 e. The molecule has 0 saturated carbocycles. The van der Waals surface area contributed by atoms with Crippen LogP contribution in [0.1, 0.15) is 29.2 Å². The number of benzene rings is 2. The van der Waals surface area contributed by atoms with Crippen molar-refractivity contribution in [2.75, 3.05) is 6.79 Å². The summed E-state index contributed by atoms with van der Waals surface area (Å²) in [6.07, 6.45) is 3.77. The Balaban J connectivity index is 1.68. The summed E-state index contributed by atoms with van der Waals surface area (Å²) in [5.74, 6) is 0.689. The summed E-state index contributed by atoms with van der Waals surface area (Å²) < 4.78 is 12.8. The Morgan fingerprint density at radius 2 is 2.03 bits per heavy atom. The summed E-state index contributed by atoms with van der Waals surface area (Å²) in [4.78, 5) is 18.5. The maximum atomic E-state index is 12.5. The summed E-state index contributed by atoms with van der Waals surface area (Å²) >= 11 is 0. The van der Waals surface area contributed by atoms with Crippen LogP contribution in [0.25, 0.3) is 5.69 Å². The van der Waals surface area contributed by atoms with E-state index in [-0.39, 0.29) is 12.5 Å². The molecule has 0 aliphatic carbocycles. The summed E-state index contributed by atoms with van der Waals surface area (Å²) in [6.45, 7) is 2.19. The van der Waals surface area contributed by atoms with E-state index in [0.717, 1.165) is 16.7 Å². The predicted molar refractivity (Wildman–Crippen MR) is 114 cm³/mol. The van der Waals surface area contributed by atoms with Gasteiger partial charge in [-0.25, -0.2) is 4.79 Å². The summed E-state index contributed by atoms with van der Waals surface area (Å²) in [6, 6.07) is 15.7. The number of allylic oxidation sites excluding steroid dienone is 1. The van der Waals surface area contributed by atoms with Gasteiger partial charge in [0.2, 0.25) is 6.79 Å². The molecule has 0 amide bonds. The predicted octanol–water partition coefficient (Wildman–Crippen LogP) is 2.80. The normalized spacial score (nSPS) is 14.2. The zero-order valence-corrected chi connectivity index (χ0v) is 17.3. The van der Waals surface area contributed by atoms with E-state index in [4.69, 9.17) is 14.3 Å². The van der Waals surface area contributed by atoms with Crippen molar-refractivity contribution in [1.82, 2.24) is 19.8 Å². The molecule has 0 spiro atoms. The molecule has 1 aliphatic heterocycles. The molecule has 3 aromatic rings. The average Bonchev–Trinajstić information content (AvgIpc) is 3.41. The number of nitrogens with zero attached hydrogens (tertiary/aromatic N) is 5. The molecule has 1 aliphatic rings. The lowest BCUT2D eigenvalue weighted by Gasteiger charge is -2.20. The van der Waals surface area contributed by atoms with E-state index in [2.05, 4.69) is 15.6 Å². The fraction of sp³-hybridized carbons (Fsp3) is 0.273. The van der Waals surface area contributed by atoms with Gasteiger partial charge in [0.1, 0.15) is 12.0 Å². The van der Waals surface area contributed by atoms with Gasteiger partial charge in [0.15, 0.2) is 6.10 Å². The number of aryl methyl sites for hydroxylation is 2. The molecular formula is C22H23N5O4. The molecule has 1 unspecified atom stereocenters. The Morgan fingerprint density at radius 1 is 1.19 bits per heavy atom. The number of aromatic nitrogens is 4. The highest BCUT2D eigenvalue weighted by molar-refractivity contribution is 5.59. The first kappa shape index (κ1) is 20.4. The molecule has 160 valence electrons. The van der Waals surface area contributed by atoms with Crippen LogP contribution < -0.4 is 5.69 Å². The van der Waals surface area contributed by atoms with Crippen molar-refractivity contribution in [3.8, 4) is 5.69 Å². The van der Waals surface area contributed by atoms with E-state index in [1.807, 2.05) is 55.5 Å². The third kappa shape index (κ3) is 4.66. The third-order valence-electron chi connectivity index (χ3n) is 4.92. The highest BCUT2D eigenvalue weighted by Gasteiger charge is 2.23. The molecule has 31 heavy (non-hydrogen) atoms. The topological polar surface area (TPSA) is 92.8 Å². The number of rotatable bonds is 8. The number of ether oxygens (including phenoxy) is 2. The summed E-state index contributed by atoms with van der Waals surface area (Å²) in [5, 5.41) is 12.0. The molecule has 2 heterocycles. The third-order valence-corrected chi connectivity index (χ3v) is 4.92. The molecule has 0 bridgehead atoms. The molecule has 0 N–H and O–H groups in total. The van der Waals surface area contributed by atoms with Gasteiger partial charge in [0.05, 0.1) is 11.9 Å². The maximum absolute atomic E-state index is 12.5. The van der Waals surface area contributed by atoms with Crippen molar-refractivity contribution in [1.29, 1.82) is 0 Å². The molecule has 1 atom stereocenters. The van der Waals surface area contributed by atoms with E-state index in [1.54, 1.807) is 19.5 Å². The second kappa shape index (κ2) is 9.29. The molecular weight excluding hydrogens is 398 g/mol. The zero-order valence-electron chi connectivity index (χ0n) is 17.3. The molecule has 2 aromatic carbocycles. The number of hydrogen-bond donors (Lipinski definition) is 0. The first-order chi connectivity index (χ1) is 15.1. The molecule has 0 fully saturated rings. The van der Waals surface area contributed by atoms with Crippen LogP contribution in [-0.2, 0) is 27.8 Å². The van der Waals surface area contributed by atoms with Crippen LogP contribution in [0.2, 0.25) is 0 Å². The quantitative estimate of drug-likeness (QED) is 0.410. The summed E-state index contributed by atoms with van der Waals surface area (Å²) in [5.41, 5.74) is 3.15. The van der Waals surface area contributed by atoms with E-state index in [9.17, 15) is 4.79 Å². The molecule has 9 nitrogen and oxygen atoms in total. The van der Waals surface area contributed by atoms with Gasteiger partial charge in [0.25, 0.3) is 0 Å². The first-order valence-electron chi connectivity index (χ1n) is 9.87. The Hall–Kier alpha value is -3.88. The smallest absolute Gasteiger partial charge is 0.368 e. The Kier molecular flexibility index (Phi) is 6.11. The number of tetrazole rings is 1. The second-order valence-electron chi connectivity index (χ2n) is 7.09. The molecule has 1 aromatic heterocycles. The minimum atomic E-state index is -0.446. The van der Waals surface area contributed by atoms with Crippen LogP contribution in [-0.4, -0.2) is 32.8 Å². The fourth-order valence-electron chi connectivity index (χ4n) is 3.38. The van der Waals surface area contributed by atoms with Crippen molar-refractivity contribution in [3.05, 3.63) is 87.7 Å². The van der Waals surface area contributed by atoms with Gasteiger partial charge in [-0.05, 0) is 34.5 Å². The SMILES string of the molecule is Cc1cccc(-n2nnn(C)c2=O)c1C(Cc1ccccc1)ON=CCC1=COCO1. The van der Waals surface area contributed by atoms with Gasteiger partial charge >= 0.3 is 5.69 Å². The monoisotopic (exact) mass is 421 g/mol. The fourth-order valence-corrected chi connectivity index (χ4v) is 3.38. The van der Waals surface area contributed by atoms with Crippen LogP contribution in [0.4, 0.5) is 0 Å². The minimum absolute atomic E-state index is 0.222. The van der Waals surface area contributed by atoms with Crippen LogP contribution in [0.15, 0.2) is 70.5 Å². The molecule has 4 rings (SSSR count). The zero-order chi connectivity index (χ0) is 21.6. The van der Waals surface area contributed by atoms with Crippen molar-refractivity contribution in [3.63, 3.8) is 0 Å². The van der Waals surface area contributed by atoms with E-state index in [1.165, 1.54) is 9.36 Å². The molecule has 0 saturated heterocycles. The van der Waals surface area contributed by atoms with Crippen LogP contribution in [0.5, 0.6) is 0 Å². The van der Waals surface area contributed by atoms with Crippen molar-refractivity contribution < 1.29 is 14.3 Å². The van der Waals surface area contributed by atoms with E-state index >= 15 is 0 Å². The largest absolute Gasteiger partial charge is 0.462 e. The highest BCUT2D eigenvalue weighted by Crippen LogP contribution is 2.30. The van der Waals surface area contributed by atoms with Gasteiger partial charge in [-0.2, -0.15) is 9.36 Å². The van der Waals surface area contributed by atoms with Crippen LogP contribution >= 0.6 is 0 Å². The minimum Gasteiger partial charge on any atom is -0.462 e. The average molecular weight is 421 g/mol. The second-order valence-corrected chi connectivity index (χ2v) is 7.09. The standard InChI is InChI=1S/C22H23N5O4/c1-16-7-6-10-19(27-22(28)26(2)24-25-27)21(16)20(13-17-8-4-3-5-9-17)31-23-12-11-18-14-29-15-30-18/h3-10,12,14,20H,11,13,15H2,1-2H3. The summed E-state index contributed by atoms with van der Waals surface area (Å²) in [7, 11) is 1.56. The lowest BCUT2D eigenvalue weighted by atomic mass is 9.96. The van der Waals surface area contributed by atoms with Gasteiger partial charge < -0.3 is 14.3 Å². The highest BCUT2D eigenvalue weighted by atomic mass is 16.7. The lowest BCUT2D eigenvalue weighted by Crippen LogP contribution is -2.24. The Labute approximate surface area is 179 Å². The lowest BCUT2D eigenvalue weighted by molar-refractivity contribution is 0.0582. The number of oxime groups is 1. The van der Waals surface area contributed by atoms with Gasteiger partial charge in [0, 0.05) is 25.5 Å². The van der Waals surface area contributed by atoms with Gasteiger partial charge in [-0.15, -0.1) is 0 Å². The van der Waals surface area contributed by atoms with E-state index in [0.29, 0.717) is 24.3 Å².